The van der Waals surface area contributed by atoms with Crippen molar-refractivity contribution in [2.75, 3.05) is 23.3 Å². The molecule has 4 heterocycles. The number of anilines is 3. The molecule has 0 spiro atoms. The quantitative estimate of drug-likeness (QED) is 0.617. The summed E-state index contributed by atoms with van der Waals surface area (Å²) in [6.45, 7) is 3.76. The van der Waals surface area contributed by atoms with Gasteiger partial charge in [0.05, 0.1) is 22.4 Å². The Morgan fingerprint density at radius 1 is 1.28 bits per heavy atom. The minimum Gasteiger partial charge on any atom is -0.347 e. The number of hydrogen-bond donors (Lipinski definition) is 3. The molecule has 2 aliphatic rings. The third kappa shape index (κ3) is 3.14. The summed E-state index contributed by atoms with van der Waals surface area (Å²) < 4.78 is 0. The van der Waals surface area contributed by atoms with Crippen molar-refractivity contribution in [3.8, 4) is 0 Å². The van der Waals surface area contributed by atoms with E-state index < -0.39 is 0 Å². The molecule has 1 saturated heterocycles. The number of aromatic nitrogens is 1. The van der Waals surface area contributed by atoms with E-state index in [0.29, 0.717) is 10.6 Å². The van der Waals surface area contributed by atoms with Gasteiger partial charge in [-0.2, -0.15) is 0 Å². The molecule has 148 valence electrons. The van der Waals surface area contributed by atoms with Gasteiger partial charge in [0.2, 0.25) is 0 Å². The summed E-state index contributed by atoms with van der Waals surface area (Å²) in [4.78, 5) is 33.3. The SMILES string of the molecule is Cc1ccc(N2C(=O)Nc3c(C(=O)N[C@@H]4CCCNC4)sc4nccc2c34)cc1. The molecule has 1 atom stereocenters. The van der Waals surface area contributed by atoms with E-state index in [-0.39, 0.29) is 18.0 Å². The van der Waals surface area contributed by atoms with E-state index in [1.807, 2.05) is 37.3 Å². The van der Waals surface area contributed by atoms with Gasteiger partial charge in [-0.1, -0.05) is 17.7 Å². The second-order valence-electron chi connectivity index (χ2n) is 7.43. The first-order valence-corrected chi connectivity index (χ1v) is 10.5. The predicted octanol–water partition coefficient (Wildman–Crippen LogP) is 3.77. The summed E-state index contributed by atoms with van der Waals surface area (Å²) >= 11 is 1.32. The third-order valence-electron chi connectivity index (χ3n) is 5.38. The van der Waals surface area contributed by atoms with E-state index in [1.165, 1.54) is 11.3 Å². The summed E-state index contributed by atoms with van der Waals surface area (Å²) in [6, 6.07) is 9.43. The smallest absolute Gasteiger partial charge is 0.331 e. The summed E-state index contributed by atoms with van der Waals surface area (Å²) in [5.41, 5.74) is 3.20. The van der Waals surface area contributed by atoms with E-state index >= 15 is 0 Å². The molecule has 5 rings (SSSR count). The number of nitrogens with zero attached hydrogens (tertiary/aromatic N) is 2. The maximum Gasteiger partial charge on any atom is 0.331 e. The Kier molecular flexibility index (Phi) is 4.44. The number of carbonyl (C=O) groups excluding carboxylic acids is 2. The zero-order valence-electron chi connectivity index (χ0n) is 16.0. The Morgan fingerprint density at radius 3 is 2.86 bits per heavy atom. The van der Waals surface area contributed by atoms with Crippen LogP contribution >= 0.6 is 11.3 Å². The number of hydrogen-bond acceptors (Lipinski definition) is 5. The van der Waals surface area contributed by atoms with Crippen molar-refractivity contribution in [2.45, 2.75) is 25.8 Å². The first-order valence-electron chi connectivity index (χ1n) is 9.72. The number of pyridine rings is 1. The molecular weight excluding hydrogens is 386 g/mol. The lowest BCUT2D eigenvalue weighted by Crippen LogP contribution is -2.45. The van der Waals surface area contributed by atoms with Crippen LogP contribution in [0.1, 0.15) is 28.1 Å². The van der Waals surface area contributed by atoms with Crippen molar-refractivity contribution >= 4 is 50.6 Å². The van der Waals surface area contributed by atoms with Crippen LogP contribution < -0.4 is 20.9 Å². The highest BCUT2D eigenvalue weighted by atomic mass is 32.1. The number of amides is 3. The zero-order chi connectivity index (χ0) is 20.0. The summed E-state index contributed by atoms with van der Waals surface area (Å²) in [6.07, 6.45) is 3.68. The number of nitrogens with one attached hydrogen (secondary N) is 3. The van der Waals surface area contributed by atoms with Gasteiger partial charge in [-0.3, -0.25) is 9.69 Å². The van der Waals surface area contributed by atoms with Crippen molar-refractivity contribution in [1.82, 2.24) is 15.6 Å². The highest BCUT2D eigenvalue weighted by Gasteiger charge is 2.33. The molecule has 8 heteroatoms. The second-order valence-corrected chi connectivity index (χ2v) is 8.43. The molecule has 0 saturated carbocycles. The van der Waals surface area contributed by atoms with Gasteiger partial charge in [-0.25, -0.2) is 9.78 Å². The van der Waals surface area contributed by atoms with E-state index in [0.717, 1.165) is 53.1 Å². The minimum absolute atomic E-state index is 0.101. The first kappa shape index (κ1) is 18.1. The molecule has 1 aromatic carbocycles. The van der Waals surface area contributed by atoms with Crippen LogP contribution in [0.5, 0.6) is 0 Å². The van der Waals surface area contributed by atoms with Gasteiger partial charge in [0, 0.05) is 18.8 Å². The fourth-order valence-electron chi connectivity index (χ4n) is 3.92. The number of piperidine rings is 1. The van der Waals surface area contributed by atoms with Gasteiger partial charge in [0.1, 0.15) is 9.71 Å². The normalized spacial score (nSPS) is 18.6. The fraction of sp³-hybridized carbons (Fsp3) is 0.286. The molecule has 3 amide bonds. The van der Waals surface area contributed by atoms with Crippen LogP contribution in [0.2, 0.25) is 0 Å². The molecule has 0 unspecified atom stereocenters. The van der Waals surface area contributed by atoms with Gasteiger partial charge in [-0.05, 0) is 44.5 Å². The summed E-state index contributed by atoms with van der Waals surface area (Å²) in [5.74, 6) is -0.160. The Hall–Kier alpha value is -2.97. The number of urea groups is 1. The number of aryl methyl sites for hydroxylation is 1. The van der Waals surface area contributed by atoms with Crippen LogP contribution in [0.4, 0.5) is 21.9 Å². The molecule has 3 aromatic rings. The topological polar surface area (TPSA) is 86.4 Å². The van der Waals surface area contributed by atoms with E-state index in [2.05, 4.69) is 20.9 Å². The van der Waals surface area contributed by atoms with Crippen molar-refractivity contribution in [3.63, 3.8) is 0 Å². The molecule has 29 heavy (non-hydrogen) atoms. The molecule has 2 aliphatic heterocycles. The Balaban J connectivity index is 1.56. The highest BCUT2D eigenvalue weighted by Crippen LogP contribution is 2.45. The van der Waals surface area contributed by atoms with E-state index in [9.17, 15) is 9.59 Å². The molecule has 1 fully saturated rings. The highest BCUT2D eigenvalue weighted by molar-refractivity contribution is 7.21. The Labute approximate surface area is 172 Å². The van der Waals surface area contributed by atoms with Crippen molar-refractivity contribution < 1.29 is 9.59 Å². The Morgan fingerprint density at radius 2 is 2.10 bits per heavy atom. The minimum atomic E-state index is -0.277. The third-order valence-corrected chi connectivity index (χ3v) is 6.47. The average Bonchev–Trinajstić information content (AvgIpc) is 3.10. The molecule has 0 aliphatic carbocycles. The van der Waals surface area contributed by atoms with Crippen LogP contribution in [0.15, 0.2) is 36.5 Å². The lowest BCUT2D eigenvalue weighted by Gasteiger charge is -2.28. The Bertz CT molecular complexity index is 1100. The molecule has 0 bridgehead atoms. The first-order chi connectivity index (χ1) is 14.1. The molecule has 7 nitrogen and oxygen atoms in total. The summed E-state index contributed by atoms with van der Waals surface area (Å²) in [7, 11) is 0. The lowest BCUT2D eigenvalue weighted by molar-refractivity contribution is 0.0935. The van der Waals surface area contributed by atoms with Crippen LogP contribution in [-0.4, -0.2) is 36.1 Å². The lowest BCUT2D eigenvalue weighted by atomic mass is 10.1. The maximum atomic E-state index is 13.0. The molecule has 3 N–H and O–H groups in total. The van der Waals surface area contributed by atoms with Crippen LogP contribution in [0, 0.1) is 6.92 Å². The second kappa shape index (κ2) is 7.13. The van der Waals surface area contributed by atoms with Crippen LogP contribution in [-0.2, 0) is 0 Å². The van der Waals surface area contributed by atoms with Gasteiger partial charge >= 0.3 is 6.03 Å². The predicted molar refractivity (Wildman–Crippen MR) is 115 cm³/mol. The van der Waals surface area contributed by atoms with Crippen LogP contribution in [0.25, 0.3) is 10.2 Å². The van der Waals surface area contributed by atoms with Crippen molar-refractivity contribution in [1.29, 1.82) is 0 Å². The number of rotatable bonds is 3. The zero-order valence-corrected chi connectivity index (χ0v) is 16.8. The van der Waals surface area contributed by atoms with Gasteiger partial charge in [-0.15, -0.1) is 11.3 Å². The molecule has 2 aromatic heterocycles. The van der Waals surface area contributed by atoms with E-state index in [1.54, 1.807) is 11.1 Å². The average molecular weight is 407 g/mol. The van der Waals surface area contributed by atoms with Gasteiger partial charge < -0.3 is 16.0 Å². The van der Waals surface area contributed by atoms with Crippen molar-refractivity contribution in [2.24, 2.45) is 0 Å². The van der Waals surface area contributed by atoms with Gasteiger partial charge in [0.25, 0.3) is 5.91 Å². The monoisotopic (exact) mass is 407 g/mol. The standard InChI is InChI=1S/C21H21N5O2S/c1-12-4-6-14(7-5-12)26-15-8-10-23-20-16(15)17(25-21(26)28)18(29-20)19(27)24-13-3-2-9-22-11-13/h4-8,10,13,22H,2-3,9,11H2,1H3,(H,24,27)(H,25,28)/t13-/m1/s1. The maximum absolute atomic E-state index is 13.0. The largest absolute Gasteiger partial charge is 0.347 e. The van der Waals surface area contributed by atoms with Crippen LogP contribution in [0.3, 0.4) is 0 Å². The number of benzene rings is 1. The molecular formula is C21H21N5O2S. The summed E-state index contributed by atoms with van der Waals surface area (Å²) in [5, 5.41) is 10.1. The number of carbonyl (C=O) groups is 2. The van der Waals surface area contributed by atoms with Crippen molar-refractivity contribution in [3.05, 3.63) is 47.0 Å². The van der Waals surface area contributed by atoms with Gasteiger partial charge in [0.15, 0.2) is 0 Å². The number of thiophene rings is 1. The molecule has 0 radical (unpaired) electrons. The van der Waals surface area contributed by atoms with E-state index in [4.69, 9.17) is 0 Å². The fourth-order valence-corrected chi connectivity index (χ4v) is 4.94.